The molecule has 0 radical (unpaired) electrons. The standard InChI is InChI=1S/C23H27NO4/c1-5-27-19-12-9-18(10-13-19)11-14-22(26)28-15-21(25)24-23-17(4)7-6-8-20(23)16(2)3/h6-14,16H,5,15H2,1-4H3,(H,24,25)/b14-11+. The topological polar surface area (TPSA) is 64.6 Å². The number of rotatable bonds is 8. The molecule has 0 saturated heterocycles. The Morgan fingerprint density at radius 3 is 2.46 bits per heavy atom. The van der Waals surface area contributed by atoms with E-state index in [0.29, 0.717) is 6.61 Å². The molecule has 0 unspecified atom stereocenters. The molecule has 0 aliphatic carbocycles. The van der Waals surface area contributed by atoms with Crippen molar-refractivity contribution < 1.29 is 19.1 Å². The van der Waals surface area contributed by atoms with Gasteiger partial charge in [-0.05, 0) is 54.7 Å². The van der Waals surface area contributed by atoms with Gasteiger partial charge in [-0.15, -0.1) is 0 Å². The van der Waals surface area contributed by atoms with Crippen LogP contribution in [0.1, 0.15) is 43.4 Å². The smallest absolute Gasteiger partial charge is 0.331 e. The second kappa shape index (κ2) is 10.3. The zero-order valence-electron chi connectivity index (χ0n) is 16.8. The highest BCUT2D eigenvalue weighted by Gasteiger charge is 2.13. The van der Waals surface area contributed by atoms with Crippen molar-refractivity contribution in [3.05, 3.63) is 65.2 Å². The van der Waals surface area contributed by atoms with Gasteiger partial charge >= 0.3 is 5.97 Å². The predicted molar refractivity (Wildman–Crippen MR) is 112 cm³/mol. The number of aryl methyl sites for hydroxylation is 1. The normalized spacial score (nSPS) is 10.9. The molecule has 2 aromatic rings. The minimum atomic E-state index is -0.571. The van der Waals surface area contributed by atoms with Crippen molar-refractivity contribution in [3.63, 3.8) is 0 Å². The highest BCUT2D eigenvalue weighted by Crippen LogP contribution is 2.27. The van der Waals surface area contributed by atoms with E-state index < -0.39 is 5.97 Å². The van der Waals surface area contributed by atoms with E-state index in [-0.39, 0.29) is 18.4 Å². The Labute approximate surface area is 166 Å². The van der Waals surface area contributed by atoms with Crippen molar-refractivity contribution >= 4 is 23.6 Å². The summed E-state index contributed by atoms with van der Waals surface area (Å²) in [4.78, 5) is 24.1. The van der Waals surface area contributed by atoms with Gasteiger partial charge in [0.2, 0.25) is 0 Å². The second-order valence-electron chi connectivity index (χ2n) is 6.69. The molecule has 148 valence electrons. The molecule has 2 rings (SSSR count). The maximum Gasteiger partial charge on any atom is 0.331 e. The lowest BCUT2D eigenvalue weighted by atomic mass is 9.98. The summed E-state index contributed by atoms with van der Waals surface area (Å²) in [5.41, 5.74) is 3.64. The van der Waals surface area contributed by atoms with E-state index in [1.54, 1.807) is 6.08 Å². The number of carbonyl (C=O) groups excluding carboxylic acids is 2. The maximum absolute atomic E-state index is 12.2. The molecule has 2 aromatic carbocycles. The first kappa shape index (κ1) is 21.2. The van der Waals surface area contributed by atoms with Crippen molar-refractivity contribution in [1.82, 2.24) is 0 Å². The summed E-state index contributed by atoms with van der Waals surface area (Å²) in [5.74, 6) is 0.114. The third-order valence-electron chi connectivity index (χ3n) is 4.14. The van der Waals surface area contributed by atoms with E-state index in [0.717, 1.165) is 28.1 Å². The summed E-state index contributed by atoms with van der Waals surface area (Å²) in [6, 6.07) is 13.2. The zero-order chi connectivity index (χ0) is 20.5. The Hall–Kier alpha value is -3.08. The first-order chi connectivity index (χ1) is 13.4. The molecule has 0 atom stereocenters. The second-order valence-corrected chi connectivity index (χ2v) is 6.69. The number of para-hydroxylation sites is 1. The maximum atomic E-state index is 12.2. The molecule has 1 amide bonds. The number of hydrogen-bond acceptors (Lipinski definition) is 4. The summed E-state index contributed by atoms with van der Waals surface area (Å²) in [6.45, 7) is 8.26. The van der Waals surface area contributed by atoms with Gasteiger partial charge in [0, 0.05) is 11.8 Å². The highest BCUT2D eigenvalue weighted by atomic mass is 16.5. The largest absolute Gasteiger partial charge is 0.494 e. The minimum Gasteiger partial charge on any atom is -0.494 e. The van der Waals surface area contributed by atoms with Gasteiger partial charge in [-0.1, -0.05) is 44.2 Å². The molecule has 0 heterocycles. The minimum absolute atomic E-state index is 0.273. The lowest BCUT2D eigenvalue weighted by Gasteiger charge is -2.16. The molecular formula is C23H27NO4. The highest BCUT2D eigenvalue weighted by molar-refractivity contribution is 5.95. The van der Waals surface area contributed by atoms with Crippen LogP contribution in [-0.4, -0.2) is 25.1 Å². The Kier molecular flexibility index (Phi) is 7.81. The van der Waals surface area contributed by atoms with Crippen LogP contribution in [0.5, 0.6) is 5.75 Å². The fourth-order valence-electron chi connectivity index (χ4n) is 2.71. The lowest BCUT2D eigenvalue weighted by Crippen LogP contribution is -2.21. The summed E-state index contributed by atoms with van der Waals surface area (Å²) in [6.07, 6.45) is 2.93. The molecule has 0 aliphatic rings. The number of amides is 1. The first-order valence-electron chi connectivity index (χ1n) is 9.37. The van der Waals surface area contributed by atoms with E-state index in [1.807, 2.05) is 56.3 Å². The van der Waals surface area contributed by atoms with Crippen LogP contribution in [0.15, 0.2) is 48.5 Å². The van der Waals surface area contributed by atoms with Gasteiger partial charge in [-0.25, -0.2) is 4.79 Å². The molecule has 0 aromatic heterocycles. The van der Waals surface area contributed by atoms with Gasteiger partial charge in [-0.2, -0.15) is 0 Å². The zero-order valence-corrected chi connectivity index (χ0v) is 16.8. The fraction of sp³-hybridized carbons (Fsp3) is 0.304. The number of hydrogen-bond donors (Lipinski definition) is 1. The molecule has 0 spiro atoms. The van der Waals surface area contributed by atoms with Crippen LogP contribution in [0.3, 0.4) is 0 Å². The van der Waals surface area contributed by atoms with Crippen molar-refractivity contribution in [2.75, 3.05) is 18.5 Å². The Morgan fingerprint density at radius 1 is 1.11 bits per heavy atom. The van der Waals surface area contributed by atoms with E-state index in [2.05, 4.69) is 19.2 Å². The molecule has 1 N–H and O–H groups in total. The van der Waals surface area contributed by atoms with Gasteiger partial charge in [0.25, 0.3) is 5.91 Å². The Bertz CT molecular complexity index is 838. The molecule has 0 bridgehead atoms. The van der Waals surface area contributed by atoms with Gasteiger partial charge < -0.3 is 14.8 Å². The Balaban J connectivity index is 1.88. The van der Waals surface area contributed by atoms with Crippen molar-refractivity contribution in [2.24, 2.45) is 0 Å². The first-order valence-corrected chi connectivity index (χ1v) is 9.37. The van der Waals surface area contributed by atoms with Crippen molar-refractivity contribution in [3.8, 4) is 5.75 Å². The van der Waals surface area contributed by atoms with Gasteiger partial charge in [0.15, 0.2) is 6.61 Å². The quantitative estimate of drug-likeness (QED) is 0.531. The molecular weight excluding hydrogens is 354 g/mol. The van der Waals surface area contributed by atoms with E-state index in [4.69, 9.17) is 9.47 Å². The third kappa shape index (κ3) is 6.27. The summed E-state index contributed by atoms with van der Waals surface area (Å²) >= 11 is 0. The fourth-order valence-corrected chi connectivity index (χ4v) is 2.71. The number of benzene rings is 2. The van der Waals surface area contributed by atoms with E-state index in [9.17, 15) is 9.59 Å². The average Bonchev–Trinajstić information content (AvgIpc) is 2.67. The van der Waals surface area contributed by atoms with Gasteiger partial charge in [0.05, 0.1) is 6.61 Å². The van der Waals surface area contributed by atoms with E-state index in [1.165, 1.54) is 6.08 Å². The lowest BCUT2D eigenvalue weighted by molar-refractivity contribution is -0.142. The molecule has 5 heteroatoms. The van der Waals surface area contributed by atoms with Gasteiger partial charge in [-0.3, -0.25) is 4.79 Å². The van der Waals surface area contributed by atoms with Crippen molar-refractivity contribution in [2.45, 2.75) is 33.6 Å². The monoisotopic (exact) mass is 381 g/mol. The molecule has 0 saturated carbocycles. The van der Waals surface area contributed by atoms with Crippen LogP contribution >= 0.6 is 0 Å². The van der Waals surface area contributed by atoms with E-state index >= 15 is 0 Å². The van der Waals surface area contributed by atoms with Crippen LogP contribution in [0.25, 0.3) is 6.08 Å². The van der Waals surface area contributed by atoms with Crippen molar-refractivity contribution in [1.29, 1.82) is 0 Å². The van der Waals surface area contributed by atoms with Gasteiger partial charge in [0.1, 0.15) is 5.75 Å². The van der Waals surface area contributed by atoms with Crippen LogP contribution in [0, 0.1) is 6.92 Å². The number of carbonyl (C=O) groups is 2. The van der Waals surface area contributed by atoms with Crippen LogP contribution in [-0.2, 0) is 14.3 Å². The summed E-state index contributed by atoms with van der Waals surface area (Å²) in [7, 11) is 0. The molecule has 28 heavy (non-hydrogen) atoms. The summed E-state index contributed by atoms with van der Waals surface area (Å²) in [5, 5.41) is 2.85. The summed E-state index contributed by atoms with van der Waals surface area (Å²) < 4.78 is 10.4. The predicted octanol–water partition coefficient (Wildman–Crippen LogP) is 4.71. The average molecular weight is 381 g/mol. The Morgan fingerprint density at radius 2 is 1.82 bits per heavy atom. The molecule has 0 fully saturated rings. The molecule has 0 aliphatic heterocycles. The number of anilines is 1. The SMILES string of the molecule is CCOc1ccc(/C=C/C(=O)OCC(=O)Nc2c(C)cccc2C(C)C)cc1. The van der Waals surface area contributed by atoms with Crippen LogP contribution in [0.2, 0.25) is 0 Å². The number of esters is 1. The van der Waals surface area contributed by atoms with Crippen LogP contribution in [0.4, 0.5) is 5.69 Å². The molecule has 5 nitrogen and oxygen atoms in total. The number of ether oxygens (including phenoxy) is 2. The van der Waals surface area contributed by atoms with Crippen LogP contribution < -0.4 is 10.1 Å². The third-order valence-corrected chi connectivity index (χ3v) is 4.14. The number of nitrogens with one attached hydrogen (secondary N) is 1.